The highest BCUT2D eigenvalue weighted by molar-refractivity contribution is 7.96. The fourth-order valence-corrected chi connectivity index (χ4v) is 1.12. The Hall–Kier alpha value is -0.350. The third-order valence-corrected chi connectivity index (χ3v) is 2.70. The predicted octanol–water partition coefficient (Wildman–Crippen LogP) is 2.30. The van der Waals surface area contributed by atoms with Gasteiger partial charge in [0.05, 0.1) is 12.1 Å². The first-order chi connectivity index (χ1) is 5.60. The maximum Gasteiger partial charge on any atom is 0.0582 e. The van der Waals surface area contributed by atoms with Crippen LogP contribution in [0.2, 0.25) is 0 Å². The lowest BCUT2D eigenvalue weighted by atomic mass is 9.85. The van der Waals surface area contributed by atoms with Crippen molar-refractivity contribution in [1.29, 1.82) is 5.41 Å². The van der Waals surface area contributed by atoms with Crippen molar-refractivity contribution in [3.05, 3.63) is 0 Å². The minimum absolute atomic E-state index is 0.177. The van der Waals surface area contributed by atoms with E-state index in [2.05, 4.69) is 16.0 Å². The zero-order valence-electron chi connectivity index (χ0n) is 8.14. The molecule has 0 radical (unpaired) electrons. The first-order valence-electron chi connectivity index (χ1n) is 4.00. The zero-order chi connectivity index (χ0) is 9.61. The molecule has 0 aromatic rings. The Labute approximate surface area is 78.8 Å². The van der Waals surface area contributed by atoms with Crippen LogP contribution in [0.15, 0.2) is 4.40 Å². The summed E-state index contributed by atoms with van der Waals surface area (Å²) in [4.78, 5) is 0. The first-order valence-corrected chi connectivity index (χ1v) is 4.77. The molecule has 0 saturated heterocycles. The molecule has 0 heterocycles. The van der Waals surface area contributed by atoms with E-state index in [9.17, 15) is 0 Å². The largest absolute Gasteiger partial charge is 0.312 e. The Morgan fingerprint density at radius 3 is 2.67 bits per heavy atom. The van der Waals surface area contributed by atoms with Gasteiger partial charge in [-0.2, -0.15) is 0 Å². The van der Waals surface area contributed by atoms with Gasteiger partial charge in [-0.1, -0.05) is 6.92 Å². The highest BCUT2D eigenvalue weighted by Gasteiger charge is 2.22. The molecular formula is C8H17N3S. The van der Waals surface area contributed by atoms with Crippen molar-refractivity contribution in [3.63, 3.8) is 0 Å². The Kier molecular flexibility index (Phi) is 5.17. The van der Waals surface area contributed by atoms with E-state index in [-0.39, 0.29) is 5.41 Å². The van der Waals surface area contributed by atoms with E-state index in [1.54, 1.807) is 0 Å². The highest BCUT2D eigenvalue weighted by Crippen LogP contribution is 2.21. The molecule has 0 fully saturated rings. The molecule has 0 aliphatic heterocycles. The van der Waals surface area contributed by atoms with Crippen LogP contribution in [0, 0.1) is 10.8 Å². The quantitative estimate of drug-likeness (QED) is 0.512. The third kappa shape index (κ3) is 2.95. The summed E-state index contributed by atoms with van der Waals surface area (Å²) in [6.07, 6.45) is 2.37. The van der Waals surface area contributed by atoms with Gasteiger partial charge >= 0.3 is 0 Å². The van der Waals surface area contributed by atoms with Gasteiger partial charge < -0.3 is 5.41 Å². The second-order valence-electron chi connectivity index (χ2n) is 2.89. The van der Waals surface area contributed by atoms with E-state index in [4.69, 9.17) is 5.41 Å². The van der Waals surface area contributed by atoms with Crippen molar-refractivity contribution in [3.8, 4) is 0 Å². The fourth-order valence-electron chi connectivity index (χ4n) is 0.681. The third-order valence-electron chi connectivity index (χ3n) is 2.15. The van der Waals surface area contributed by atoms with Gasteiger partial charge in [-0.25, -0.2) is 9.12 Å². The summed E-state index contributed by atoms with van der Waals surface area (Å²) in [5, 5.41) is 7.29. The average molecular weight is 187 g/mol. The number of nitrogens with one attached hydrogen (secondary N) is 2. The van der Waals surface area contributed by atoms with Crippen molar-refractivity contribution in [2.45, 2.75) is 27.2 Å². The Balaban J connectivity index is 4.40. The van der Waals surface area contributed by atoms with E-state index in [1.807, 2.05) is 20.9 Å². The van der Waals surface area contributed by atoms with Crippen LogP contribution in [0.5, 0.6) is 0 Å². The monoisotopic (exact) mass is 187 g/mol. The molecule has 4 heteroatoms. The van der Waals surface area contributed by atoms with Crippen LogP contribution in [0.1, 0.15) is 27.2 Å². The molecule has 0 amide bonds. The Bertz CT molecular complexity index is 179. The van der Waals surface area contributed by atoms with Gasteiger partial charge in [0, 0.05) is 17.3 Å². The minimum atomic E-state index is -0.177. The van der Waals surface area contributed by atoms with Gasteiger partial charge in [-0.05, 0) is 27.3 Å². The van der Waals surface area contributed by atoms with Gasteiger partial charge in [-0.15, -0.1) is 0 Å². The van der Waals surface area contributed by atoms with Gasteiger partial charge in [-0.3, -0.25) is 0 Å². The molecule has 0 bridgehead atoms. The summed E-state index contributed by atoms with van der Waals surface area (Å²) in [7, 11) is 1.83. The molecule has 2 N–H and O–H groups in total. The van der Waals surface area contributed by atoms with Crippen molar-refractivity contribution in [2.75, 3.05) is 7.05 Å². The molecule has 0 aromatic heterocycles. The summed E-state index contributed by atoms with van der Waals surface area (Å²) in [6, 6.07) is 0. The number of rotatable bonds is 5. The molecule has 0 saturated carbocycles. The molecule has 0 aliphatic carbocycles. The van der Waals surface area contributed by atoms with Gasteiger partial charge in [0.1, 0.15) is 0 Å². The van der Waals surface area contributed by atoms with Crippen LogP contribution >= 0.6 is 12.1 Å². The first kappa shape index (κ1) is 11.6. The van der Waals surface area contributed by atoms with Gasteiger partial charge in [0.2, 0.25) is 0 Å². The molecule has 1 atom stereocenters. The molecule has 70 valence electrons. The maximum atomic E-state index is 7.29. The van der Waals surface area contributed by atoms with Crippen LogP contribution in [0.4, 0.5) is 0 Å². The highest BCUT2D eigenvalue weighted by atomic mass is 32.2. The fraction of sp³-hybridized carbons (Fsp3) is 0.750. The number of hydrogen-bond donors (Lipinski definition) is 2. The van der Waals surface area contributed by atoms with Crippen LogP contribution < -0.4 is 4.72 Å². The van der Waals surface area contributed by atoms with Gasteiger partial charge in [0.25, 0.3) is 0 Å². The van der Waals surface area contributed by atoms with E-state index >= 15 is 0 Å². The maximum absolute atomic E-state index is 7.29. The topological polar surface area (TPSA) is 48.2 Å². The number of hydrogen-bond acceptors (Lipinski definition) is 4. The van der Waals surface area contributed by atoms with Crippen molar-refractivity contribution in [1.82, 2.24) is 4.72 Å². The number of nitrogens with zero attached hydrogens (tertiary/aromatic N) is 1. The normalized spacial score (nSPS) is 17.2. The van der Waals surface area contributed by atoms with E-state index in [0.717, 1.165) is 12.1 Å². The van der Waals surface area contributed by atoms with E-state index in [0.29, 0.717) is 0 Å². The lowest BCUT2D eigenvalue weighted by molar-refractivity contribution is 0.624. The SMILES string of the molecule is CCC(C)(C=N)/C(C)=N/SNC. The van der Waals surface area contributed by atoms with Crippen LogP contribution in [-0.2, 0) is 0 Å². The van der Waals surface area contributed by atoms with Gasteiger partial charge in [0.15, 0.2) is 0 Å². The summed E-state index contributed by atoms with van der Waals surface area (Å²) in [5.41, 5.74) is 0.809. The van der Waals surface area contributed by atoms with Crippen molar-refractivity contribution < 1.29 is 0 Å². The van der Waals surface area contributed by atoms with Crippen molar-refractivity contribution in [2.24, 2.45) is 9.81 Å². The lowest BCUT2D eigenvalue weighted by Crippen LogP contribution is -2.25. The standard InChI is InChI=1S/C8H17N3S/c1-5-8(3,6-9)7(2)11-12-10-4/h6,9-10H,5H2,1-4H3/b9-6?,11-7+. The summed E-state index contributed by atoms with van der Waals surface area (Å²) >= 11 is 1.31. The van der Waals surface area contributed by atoms with Crippen molar-refractivity contribution >= 4 is 24.1 Å². The van der Waals surface area contributed by atoms with Crippen LogP contribution in [0.3, 0.4) is 0 Å². The molecule has 0 aliphatic rings. The summed E-state index contributed by atoms with van der Waals surface area (Å²) in [5.74, 6) is 0. The lowest BCUT2D eigenvalue weighted by Gasteiger charge is -2.21. The minimum Gasteiger partial charge on any atom is -0.312 e. The smallest absolute Gasteiger partial charge is 0.0582 e. The van der Waals surface area contributed by atoms with E-state index in [1.165, 1.54) is 18.3 Å². The molecule has 3 nitrogen and oxygen atoms in total. The molecule has 0 rings (SSSR count). The molecule has 1 unspecified atom stereocenters. The zero-order valence-corrected chi connectivity index (χ0v) is 8.96. The summed E-state index contributed by atoms with van der Waals surface area (Å²) in [6.45, 7) is 6.04. The average Bonchev–Trinajstić information content (AvgIpc) is 2.12. The molecule has 0 aromatic carbocycles. The molecular weight excluding hydrogens is 170 g/mol. The Morgan fingerprint density at radius 1 is 1.75 bits per heavy atom. The molecule has 0 spiro atoms. The van der Waals surface area contributed by atoms with Crippen LogP contribution in [-0.4, -0.2) is 19.0 Å². The van der Waals surface area contributed by atoms with E-state index < -0.39 is 0 Å². The van der Waals surface area contributed by atoms with Crippen LogP contribution in [0.25, 0.3) is 0 Å². The predicted molar refractivity (Wildman–Crippen MR) is 56.9 cm³/mol. The molecule has 12 heavy (non-hydrogen) atoms. The Morgan fingerprint density at radius 2 is 2.33 bits per heavy atom. The summed E-state index contributed by atoms with van der Waals surface area (Å²) < 4.78 is 7.10. The second-order valence-corrected chi connectivity index (χ2v) is 3.66. The second kappa shape index (κ2) is 5.32.